The summed E-state index contributed by atoms with van der Waals surface area (Å²) in [5, 5.41) is 7.44. The summed E-state index contributed by atoms with van der Waals surface area (Å²) in [5.74, 6) is 0. The van der Waals surface area contributed by atoms with Crippen LogP contribution in [0.1, 0.15) is 6.92 Å². The second-order valence-corrected chi connectivity index (χ2v) is 2.78. The zero-order valence-corrected chi connectivity index (χ0v) is 8.22. The molecule has 0 unspecified atom stereocenters. The minimum Gasteiger partial charge on any atom is -0.288 e. The van der Waals surface area contributed by atoms with Crippen molar-refractivity contribution in [1.82, 2.24) is 14.8 Å². The van der Waals surface area contributed by atoms with Gasteiger partial charge in [0.1, 0.15) is 12.7 Å². The highest BCUT2D eigenvalue weighted by Crippen LogP contribution is 2.05. The van der Waals surface area contributed by atoms with Gasteiger partial charge in [0.2, 0.25) is 0 Å². The van der Waals surface area contributed by atoms with E-state index in [-0.39, 0.29) is 0 Å². The average molecular weight is 187 g/mol. The molecular formula is C11H13N3. The summed E-state index contributed by atoms with van der Waals surface area (Å²) in [6, 6.07) is 0. The van der Waals surface area contributed by atoms with Crippen LogP contribution >= 0.6 is 0 Å². The lowest BCUT2D eigenvalue weighted by molar-refractivity contribution is 1.09. The van der Waals surface area contributed by atoms with Gasteiger partial charge in [0.15, 0.2) is 0 Å². The maximum absolute atomic E-state index is 3.72. The third-order valence-electron chi connectivity index (χ3n) is 1.76. The minimum absolute atomic E-state index is 0.927. The summed E-state index contributed by atoms with van der Waals surface area (Å²) in [6.45, 7) is 9.38. The van der Waals surface area contributed by atoms with E-state index in [2.05, 4.69) is 23.4 Å². The molecule has 1 rings (SSSR count). The van der Waals surface area contributed by atoms with Crippen molar-refractivity contribution in [2.24, 2.45) is 0 Å². The molecule has 0 radical (unpaired) electrons. The molecule has 0 spiro atoms. The first-order valence-corrected chi connectivity index (χ1v) is 4.26. The van der Waals surface area contributed by atoms with Gasteiger partial charge in [0.25, 0.3) is 0 Å². The Labute approximate surface area is 83.8 Å². The van der Waals surface area contributed by atoms with Crippen LogP contribution in [-0.2, 0) is 0 Å². The standard InChI is InChI=1S/C11H13N3/c1-4-10(3)6-7-11(5-2)14-8-12-13-9-14/h4-9H,1-2H2,3H3/b10-6-,11-7+. The predicted octanol–water partition coefficient (Wildman–Crippen LogP) is 2.44. The van der Waals surface area contributed by atoms with Crippen LogP contribution in [0.3, 0.4) is 0 Å². The largest absolute Gasteiger partial charge is 0.288 e. The van der Waals surface area contributed by atoms with E-state index in [4.69, 9.17) is 0 Å². The van der Waals surface area contributed by atoms with Crippen LogP contribution in [0.4, 0.5) is 0 Å². The fourth-order valence-electron chi connectivity index (χ4n) is 0.878. The molecule has 0 saturated carbocycles. The third-order valence-corrected chi connectivity index (χ3v) is 1.76. The zero-order valence-electron chi connectivity index (χ0n) is 8.22. The molecule has 0 fully saturated rings. The van der Waals surface area contributed by atoms with Crippen LogP contribution in [0.15, 0.2) is 55.7 Å². The average Bonchev–Trinajstić information content (AvgIpc) is 2.72. The molecule has 1 aromatic rings. The van der Waals surface area contributed by atoms with E-state index in [1.54, 1.807) is 29.4 Å². The molecule has 0 aliphatic rings. The summed E-state index contributed by atoms with van der Waals surface area (Å²) in [7, 11) is 0. The lowest BCUT2D eigenvalue weighted by atomic mass is 10.2. The Bertz CT molecular complexity index is 369. The fourth-order valence-corrected chi connectivity index (χ4v) is 0.878. The molecule has 0 atom stereocenters. The van der Waals surface area contributed by atoms with Crippen molar-refractivity contribution in [3.63, 3.8) is 0 Å². The first-order valence-electron chi connectivity index (χ1n) is 4.26. The molecule has 0 aromatic carbocycles. The van der Waals surface area contributed by atoms with Crippen LogP contribution in [0, 0.1) is 0 Å². The monoisotopic (exact) mass is 187 g/mol. The van der Waals surface area contributed by atoms with Crippen LogP contribution in [0.5, 0.6) is 0 Å². The Balaban J connectivity index is 2.93. The molecule has 3 nitrogen and oxygen atoms in total. The van der Waals surface area contributed by atoms with Crippen LogP contribution < -0.4 is 0 Å². The fraction of sp³-hybridized carbons (Fsp3) is 0.0909. The first-order chi connectivity index (χ1) is 6.77. The summed E-state index contributed by atoms with van der Waals surface area (Å²) < 4.78 is 1.79. The molecular weight excluding hydrogens is 174 g/mol. The van der Waals surface area contributed by atoms with E-state index in [1.165, 1.54) is 0 Å². The lowest BCUT2D eigenvalue weighted by Crippen LogP contribution is -1.89. The van der Waals surface area contributed by atoms with Gasteiger partial charge in [-0.3, -0.25) is 4.57 Å². The second kappa shape index (κ2) is 4.97. The van der Waals surface area contributed by atoms with E-state index in [0.29, 0.717) is 0 Å². The van der Waals surface area contributed by atoms with Crippen LogP contribution in [0.25, 0.3) is 5.70 Å². The van der Waals surface area contributed by atoms with Crippen molar-refractivity contribution in [3.05, 3.63) is 55.7 Å². The number of rotatable bonds is 4. The number of allylic oxidation sites excluding steroid dienone is 6. The SMILES string of the molecule is C=C/C(C)=C\C=C(/C=C)n1cnnc1. The van der Waals surface area contributed by atoms with E-state index in [0.717, 1.165) is 11.3 Å². The maximum atomic E-state index is 3.72. The lowest BCUT2D eigenvalue weighted by Gasteiger charge is -1.99. The second-order valence-electron chi connectivity index (χ2n) is 2.78. The van der Waals surface area contributed by atoms with Crippen molar-refractivity contribution >= 4 is 5.70 Å². The molecule has 14 heavy (non-hydrogen) atoms. The minimum atomic E-state index is 0.927. The Morgan fingerprint density at radius 2 is 1.79 bits per heavy atom. The molecule has 3 heteroatoms. The molecule has 0 bridgehead atoms. The van der Waals surface area contributed by atoms with Crippen molar-refractivity contribution in [2.75, 3.05) is 0 Å². The van der Waals surface area contributed by atoms with Gasteiger partial charge in [0, 0.05) is 5.70 Å². The summed E-state index contributed by atoms with van der Waals surface area (Å²) >= 11 is 0. The van der Waals surface area contributed by atoms with Gasteiger partial charge in [-0.15, -0.1) is 10.2 Å². The van der Waals surface area contributed by atoms with Gasteiger partial charge in [-0.25, -0.2) is 0 Å². The van der Waals surface area contributed by atoms with Gasteiger partial charge in [-0.05, 0) is 19.1 Å². The molecule has 0 N–H and O–H groups in total. The molecule has 0 aliphatic carbocycles. The van der Waals surface area contributed by atoms with Crippen molar-refractivity contribution in [3.8, 4) is 0 Å². The number of nitrogens with zero attached hydrogens (tertiary/aromatic N) is 3. The van der Waals surface area contributed by atoms with Crippen molar-refractivity contribution in [2.45, 2.75) is 6.92 Å². The van der Waals surface area contributed by atoms with E-state index in [1.807, 2.05) is 19.1 Å². The predicted molar refractivity (Wildman–Crippen MR) is 58.4 cm³/mol. The summed E-state index contributed by atoms with van der Waals surface area (Å²) in [5.41, 5.74) is 2.02. The van der Waals surface area contributed by atoms with E-state index >= 15 is 0 Å². The van der Waals surface area contributed by atoms with Gasteiger partial charge < -0.3 is 0 Å². The van der Waals surface area contributed by atoms with Crippen molar-refractivity contribution < 1.29 is 0 Å². The number of hydrogen-bond donors (Lipinski definition) is 0. The van der Waals surface area contributed by atoms with Gasteiger partial charge >= 0.3 is 0 Å². The summed E-state index contributed by atoms with van der Waals surface area (Å²) in [4.78, 5) is 0. The van der Waals surface area contributed by atoms with Crippen molar-refractivity contribution in [1.29, 1.82) is 0 Å². The Kier molecular flexibility index (Phi) is 3.61. The van der Waals surface area contributed by atoms with E-state index in [9.17, 15) is 0 Å². The molecule has 1 heterocycles. The smallest absolute Gasteiger partial charge is 0.123 e. The van der Waals surface area contributed by atoms with Crippen LogP contribution in [0.2, 0.25) is 0 Å². The molecule has 0 aliphatic heterocycles. The highest BCUT2D eigenvalue weighted by molar-refractivity contribution is 5.58. The number of aromatic nitrogens is 3. The number of hydrogen-bond acceptors (Lipinski definition) is 2. The first kappa shape index (κ1) is 10.2. The van der Waals surface area contributed by atoms with Gasteiger partial charge in [-0.1, -0.05) is 30.9 Å². The Morgan fingerprint density at radius 1 is 1.14 bits per heavy atom. The highest BCUT2D eigenvalue weighted by atomic mass is 15.2. The Hall–Kier alpha value is -1.90. The Morgan fingerprint density at radius 3 is 2.29 bits per heavy atom. The topological polar surface area (TPSA) is 30.7 Å². The third kappa shape index (κ3) is 2.55. The zero-order chi connectivity index (χ0) is 10.4. The molecule has 0 amide bonds. The van der Waals surface area contributed by atoms with Crippen LogP contribution in [-0.4, -0.2) is 14.8 Å². The quantitative estimate of drug-likeness (QED) is 0.678. The molecule has 1 aromatic heterocycles. The van der Waals surface area contributed by atoms with Gasteiger partial charge in [-0.2, -0.15) is 0 Å². The van der Waals surface area contributed by atoms with E-state index < -0.39 is 0 Å². The maximum Gasteiger partial charge on any atom is 0.123 e. The normalized spacial score (nSPS) is 12.6. The van der Waals surface area contributed by atoms with Gasteiger partial charge in [0.05, 0.1) is 0 Å². The summed E-state index contributed by atoms with van der Waals surface area (Å²) in [6.07, 6.45) is 10.7. The molecule has 0 saturated heterocycles. The highest BCUT2D eigenvalue weighted by Gasteiger charge is 1.92. The molecule has 72 valence electrons.